The molecule has 2 aliphatic heterocycles. The van der Waals surface area contributed by atoms with Crippen LogP contribution in [0.15, 0.2) is 12.1 Å². The molecule has 1 aromatic carbocycles. The third-order valence-corrected chi connectivity index (χ3v) is 4.15. The molecular weight excluding hydrogens is 250 g/mol. The second-order valence-corrected chi connectivity index (χ2v) is 5.53. The van der Waals surface area contributed by atoms with E-state index in [0.717, 1.165) is 13.1 Å². The van der Waals surface area contributed by atoms with Crippen LogP contribution in [0.2, 0.25) is 0 Å². The van der Waals surface area contributed by atoms with Crippen LogP contribution in [0, 0.1) is 11.6 Å². The Morgan fingerprint density at radius 3 is 2.32 bits per heavy atom. The molecular formula is C14H18F2N2O. The van der Waals surface area contributed by atoms with E-state index in [9.17, 15) is 8.78 Å². The van der Waals surface area contributed by atoms with Crippen molar-refractivity contribution < 1.29 is 13.5 Å². The van der Waals surface area contributed by atoms with Crippen molar-refractivity contribution in [1.82, 2.24) is 9.80 Å². The van der Waals surface area contributed by atoms with Crippen molar-refractivity contribution in [3.8, 4) is 5.75 Å². The average Bonchev–Trinajstić information content (AvgIpc) is 2.35. The van der Waals surface area contributed by atoms with E-state index in [2.05, 4.69) is 16.8 Å². The largest absolute Gasteiger partial charge is 0.491 e. The van der Waals surface area contributed by atoms with Crippen LogP contribution in [0.5, 0.6) is 5.75 Å². The molecule has 19 heavy (non-hydrogen) atoms. The first-order valence-electron chi connectivity index (χ1n) is 6.54. The van der Waals surface area contributed by atoms with Crippen molar-refractivity contribution in [2.45, 2.75) is 25.0 Å². The van der Waals surface area contributed by atoms with Crippen molar-refractivity contribution >= 4 is 0 Å². The lowest BCUT2D eigenvalue weighted by molar-refractivity contribution is -0.0669. The third-order valence-electron chi connectivity index (χ3n) is 4.15. The molecule has 0 spiro atoms. The van der Waals surface area contributed by atoms with Crippen molar-refractivity contribution in [1.29, 1.82) is 0 Å². The van der Waals surface area contributed by atoms with Crippen molar-refractivity contribution in [2.75, 3.05) is 27.2 Å². The summed E-state index contributed by atoms with van der Waals surface area (Å²) in [4.78, 5) is 4.64. The molecule has 0 saturated carbocycles. The number of benzene rings is 1. The first-order chi connectivity index (χ1) is 9.08. The maximum Gasteiger partial charge on any atom is 0.190 e. The highest BCUT2D eigenvalue weighted by Gasteiger charge is 2.43. The molecule has 2 heterocycles. The second-order valence-electron chi connectivity index (χ2n) is 5.53. The van der Waals surface area contributed by atoms with Gasteiger partial charge >= 0.3 is 0 Å². The van der Waals surface area contributed by atoms with Crippen molar-refractivity contribution in [3.05, 3.63) is 29.3 Å². The van der Waals surface area contributed by atoms with Gasteiger partial charge in [-0.15, -0.1) is 0 Å². The zero-order chi connectivity index (χ0) is 13.6. The molecule has 0 amide bonds. The Hall–Kier alpha value is -1.20. The molecule has 2 aliphatic rings. The van der Waals surface area contributed by atoms with Crippen LogP contribution in [0.4, 0.5) is 8.78 Å². The van der Waals surface area contributed by atoms with Gasteiger partial charge in [0.25, 0.3) is 0 Å². The molecule has 5 heteroatoms. The Kier molecular flexibility index (Phi) is 3.19. The number of halogens is 2. The van der Waals surface area contributed by atoms with Crippen LogP contribution in [-0.4, -0.2) is 49.1 Å². The lowest BCUT2D eigenvalue weighted by Crippen LogP contribution is -2.67. The number of likely N-dealkylation sites (N-methyl/N-ethyl adjacent to an activating group) is 1. The minimum atomic E-state index is -0.625. The van der Waals surface area contributed by atoms with Gasteiger partial charge < -0.3 is 9.64 Å². The summed E-state index contributed by atoms with van der Waals surface area (Å²) in [6.45, 7) is 2.69. The van der Waals surface area contributed by atoms with Gasteiger partial charge in [0.05, 0.1) is 7.11 Å². The van der Waals surface area contributed by atoms with Gasteiger partial charge in [-0.3, -0.25) is 4.90 Å². The lowest BCUT2D eigenvalue weighted by atomic mass is 9.87. The zero-order valence-electron chi connectivity index (χ0n) is 11.2. The number of rotatable bonds is 3. The van der Waals surface area contributed by atoms with Gasteiger partial charge in [-0.05, 0) is 31.2 Å². The second kappa shape index (κ2) is 4.72. The van der Waals surface area contributed by atoms with Crippen LogP contribution in [0.3, 0.4) is 0 Å². The number of nitrogens with zero attached hydrogens (tertiary/aromatic N) is 2. The molecule has 2 fully saturated rings. The third kappa shape index (κ3) is 2.21. The fraction of sp³-hybridized carbons (Fsp3) is 0.571. The maximum absolute atomic E-state index is 13.6. The Balaban J connectivity index is 1.74. The van der Waals surface area contributed by atoms with Crippen molar-refractivity contribution in [2.24, 2.45) is 0 Å². The van der Waals surface area contributed by atoms with Gasteiger partial charge in [-0.2, -0.15) is 0 Å². The van der Waals surface area contributed by atoms with E-state index in [1.54, 1.807) is 0 Å². The topological polar surface area (TPSA) is 15.7 Å². The number of methoxy groups -OCH3 is 1. The van der Waals surface area contributed by atoms with E-state index in [-0.39, 0.29) is 5.75 Å². The van der Waals surface area contributed by atoms with Gasteiger partial charge in [0.15, 0.2) is 17.4 Å². The summed E-state index contributed by atoms with van der Waals surface area (Å²) in [5, 5.41) is 0. The standard InChI is InChI=1S/C14H18F2N2O/c1-17-7-10-5-11(8-17)18(10)6-9-3-12(15)14(19-2)13(16)4-9/h3-4,10-11H,5-8H2,1-2H3. The molecule has 2 atom stereocenters. The Morgan fingerprint density at radius 2 is 1.79 bits per heavy atom. The molecule has 0 N–H and O–H groups in total. The van der Waals surface area contributed by atoms with Gasteiger partial charge in [0.2, 0.25) is 0 Å². The van der Waals surface area contributed by atoms with Gasteiger partial charge in [-0.1, -0.05) is 0 Å². The predicted molar refractivity (Wildman–Crippen MR) is 68.1 cm³/mol. The van der Waals surface area contributed by atoms with Crippen LogP contribution in [-0.2, 0) is 6.54 Å². The van der Waals surface area contributed by atoms with E-state index in [4.69, 9.17) is 4.74 Å². The predicted octanol–water partition coefficient (Wildman–Crippen LogP) is 1.86. The van der Waals surface area contributed by atoms with Gasteiger partial charge in [-0.25, -0.2) is 8.78 Å². The highest BCUT2D eigenvalue weighted by Crippen LogP contribution is 2.34. The van der Waals surface area contributed by atoms with E-state index < -0.39 is 11.6 Å². The fourth-order valence-corrected chi connectivity index (χ4v) is 3.27. The molecule has 2 saturated heterocycles. The summed E-state index contributed by atoms with van der Waals surface area (Å²) in [6.07, 6.45) is 1.20. The van der Waals surface area contributed by atoms with Crippen LogP contribution in [0.1, 0.15) is 12.0 Å². The Labute approximate surface area is 111 Å². The first-order valence-corrected chi connectivity index (χ1v) is 6.54. The SMILES string of the molecule is COc1c(F)cc(CN2C3CC2CN(C)C3)cc1F. The number of hydrogen-bond acceptors (Lipinski definition) is 3. The smallest absolute Gasteiger partial charge is 0.190 e. The molecule has 0 radical (unpaired) electrons. The molecule has 0 aliphatic carbocycles. The fourth-order valence-electron chi connectivity index (χ4n) is 3.27. The monoisotopic (exact) mass is 268 g/mol. The summed E-state index contributed by atoms with van der Waals surface area (Å²) in [7, 11) is 3.39. The van der Waals surface area contributed by atoms with E-state index >= 15 is 0 Å². The maximum atomic E-state index is 13.6. The summed E-state index contributed by atoms with van der Waals surface area (Å²) >= 11 is 0. The van der Waals surface area contributed by atoms with Crippen LogP contribution >= 0.6 is 0 Å². The zero-order valence-corrected chi connectivity index (χ0v) is 11.2. The molecule has 1 aromatic rings. The summed E-state index contributed by atoms with van der Waals surface area (Å²) in [6, 6.07) is 3.80. The summed E-state index contributed by atoms with van der Waals surface area (Å²) < 4.78 is 32.0. The minimum absolute atomic E-state index is 0.299. The van der Waals surface area contributed by atoms with Crippen LogP contribution < -0.4 is 4.74 Å². The van der Waals surface area contributed by atoms with E-state index in [1.807, 2.05) is 0 Å². The molecule has 3 nitrogen and oxygen atoms in total. The van der Waals surface area contributed by atoms with E-state index in [1.165, 1.54) is 25.7 Å². The van der Waals surface area contributed by atoms with Gasteiger partial charge in [0.1, 0.15) is 0 Å². The normalized spacial score (nSPS) is 27.2. The minimum Gasteiger partial charge on any atom is -0.491 e. The number of piperazine rings is 1. The summed E-state index contributed by atoms with van der Waals surface area (Å²) in [5.74, 6) is -1.55. The quantitative estimate of drug-likeness (QED) is 0.832. The average molecular weight is 268 g/mol. The van der Waals surface area contributed by atoms with Crippen molar-refractivity contribution in [3.63, 3.8) is 0 Å². The molecule has 0 aromatic heterocycles. The van der Waals surface area contributed by atoms with E-state index in [0.29, 0.717) is 24.2 Å². The van der Waals surface area contributed by atoms with Gasteiger partial charge in [0, 0.05) is 31.7 Å². The molecule has 104 valence electrons. The number of piperidine rings is 1. The summed E-state index contributed by atoms with van der Waals surface area (Å²) in [5.41, 5.74) is 0.676. The Bertz CT molecular complexity index is 459. The number of fused-ring (bicyclic) bond motifs is 2. The number of ether oxygens (including phenoxy) is 1. The Morgan fingerprint density at radius 1 is 1.21 bits per heavy atom. The molecule has 2 unspecified atom stereocenters. The van der Waals surface area contributed by atoms with Crippen LogP contribution in [0.25, 0.3) is 0 Å². The first kappa shape index (κ1) is 12.8. The molecule has 3 rings (SSSR count). The molecule has 2 bridgehead atoms. The highest BCUT2D eigenvalue weighted by atomic mass is 19.1. The number of hydrogen-bond donors (Lipinski definition) is 0. The lowest BCUT2D eigenvalue weighted by Gasteiger charge is -2.56. The highest BCUT2D eigenvalue weighted by molar-refractivity contribution is 5.31. The number of likely N-dealkylation sites (tertiary alicyclic amines) is 2.